The van der Waals surface area contributed by atoms with Gasteiger partial charge in [0.2, 0.25) is 5.91 Å². The molecule has 116 valence electrons. The molecule has 0 aliphatic rings. The Balaban J connectivity index is 1.88. The zero-order chi connectivity index (χ0) is 15.9. The Morgan fingerprint density at radius 2 is 1.95 bits per heavy atom. The normalized spacial score (nSPS) is 10.5. The summed E-state index contributed by atoms with van der Waals surface area (Å²) in [6, 6.07) is 11.6. The van der Waals surface area contributed by atoms with Crippen molar-refractivity contribution >= 4 is 11.7 Å². The molecular weight excluding hydrogens is 290 g/mol. The Morgan fingerprint density at radius 1 is 1.23 bits per heavy atom. The number of rotatable bonds is 6. The molecule has 1 amide bonds. The second kappa shape index (κ2) is 7.49. The molecule has 22 heavy (non-hydrogen) atoms. The highest BCUT2D eigenvalue weighted by Gasteiger charge is 2.11. The highest BCUT2D eigenvalue weighted by Crippen LogP contribution is 2.16. The van der Waals surface area contributed by atoms with Gasteiger partial charge < -0.3 is 4.74 Å². The molecule has 1 aromatic carbocycles. The number of pyridine rings is 1. The first kappa shape index (κ1) is 15.9. The summed E-state index contributed by atoms with van der Waals surface area (Å²) in [5.74, 6) is 0.635. The van der Waals surface area contributed by atoms with Crippen LogP contribution in [0.15, 0.2) is 48.7 Å². The summed E-state index contributed by atoms with van der Waals surface area (Å²) in [5, 5.41) is 0. The fourth-order valence-corrected chi connectivity index (χ4v) is 1.94. The monoisotopic (exact) mass is 306 g/mol. The van der Waals surface area contributed by atoms with Gasteiger partial charge >= 0.3 is 6.61 Å². The van der Waals surface area contributed by atoms with Crippen LogP contribution in [0.3, 0.4) is 0 Å². The summed E-state index contributed by atoms with van der Waals surface area (Å²) in [4.78, 5) is 17.7. The average molecular weight is 306 g/mol. The van der Waals surface area contributed by atoms with Crippen molar-refractivity contribution in [2.24, 2.45) is 0 Å². The van der Waals surface area contributed by atoms with Crippen LogP contribution in [0.1, 0.15) is 12.0 Å². The summed E-state index contributed by atoms with van der Waals surface area (Å²) < 4.78 is 28.4. The maximum Gasteiger partial charge on any atom is 0.387 e. The van der Waals surface area contributed by atoms with Crippen molar-refractivity contribution in [1.29, 1.82) is 0 Å². The minimum absolute atomic E-state index is 0.0633. The third-order valence-corrected chi connectivity index (χ3v) is 3.14. The first-order valence-corrected chi connectivity index (χ1v) is 6.77. The lowest BCUT2D eigenvalue weighted by Gasteiger charge is -2.15. The van der Waals surface area contributed by atoms with E-state index in [0.29, 0.717) is 18.7 Å². The first-order chi connectivity index (χ1) is 10.6. The first-order valence-electron chi connectivity index (χ1n) is 6.77. The molecule has 1 aromatic heterocycles. The van der Waals surface area contributed by atoms with Crippen LogP contribution in [0.2, 0.25) is 0 Å². The van der Waals surface area contributed by atoms with E-state index in [2.05, 4.69) is 9.72 Å². The van der Waals surface area contributed by atoms with Gasteiger partial charge in [-0.1, -0.05) is 18.2 Å². The van der Waals surface area contributed by atoms with Gasteiger partial charge in [0.05, 0.1) is 0 Å². The van der Waals surface area contributed by atoms with E-state index in [9.17, 15) is 13.6 Å². The minimum atomic E-state index is -2.83. The molecule has 4 nitrogen and oxygen atoms in total. The summed E-state index contributed by atoms with van der Waals surface area (Å²) in [5.41, 5.74) is 0.879. The molecule has 0 spiro atoms. The van der Waals surface area contributed by atoms with Gasteiger partial charge in [0.25, 0.3) is 0 Å². The SMILES string of the molecule is CN(C(=O)CCc1ccc(OC(F)F)cc1)c1ccccn1. The number of halogens is 2. The minimum Gasteiger partial charge on any atom is -0.435 e. The fourth-order valence-electron chi connectivity index (χ4n) is 1.94. The van der Waals surface area contributed by atoms with E-state index in [0.717, 1.165) is 5.56 Å². The number of benzene rings is 1. The number of aryl methyl sites for hydroxylation is 1. The van der Waals surface area contributed by atoms with E-state index in [1.165, 1.54) is 17.0 Å². The third-order valence-electron chi connectivity index (χ3n) is 3.14. The fraction of sp³-hybridized carbons (Fsp3) is 0.250. The van der Waals surface area contributed by atoms with E-state index in [-0.39, 0.29) is 11.7 Å². The van der Waals surface area contributed by atoms with Gasteiger partial charge in [0, 0.05) is 19.7 Å². The predicted molar refractivity (Wildman–Crippen MR) is 79.0 cm³/mol. The molecular formula is C16H16F2N2O2. The molecule has 0 saturated heterocycles. The van der Waals surface area contributed by atoms with Gasteiger partial charge in [-0.15, -0.1) is 0 Å². The molecule has 6 heteroatoms. The largest absolute Gasteiger partial charge is 0.435 e. The maximum absolute atomic E-state index is 12.1. The highest BCUT2D eigenvalue weighted by atomic mass is 19.3. The Bertz CT molecular complexity index is 603. The smallest absolute Gasteiger partial charge is 0.387 e. The second-order valence-electron chi connectivity index (χ2n) is 4.66. The summed E-state index contributed by atoms with van der Waals surface area (Å²) in [6.45, 7) is -2.83. The lowest BCUT2D eigenvalue weighted by molar-refractivity contribution is -0.118. The van der Waals surface area contributed by atoms with Crippen molar-refractivity contribution in [2.45, 2.75) is 19.5 Å². The molecule has 2 rings (SSSR count). The summed E-state index contributed by atoms with van der Waals surface area (Å²) in [7, 11) is 1.67. The second-order valence-corrected chi connectivity index (χ2v) is 4.66. The van der Waals surface area contributed by atoms with Gasteiger partial charge in [-0.2, -0.15) is 8.78 Å². The summed E-state index contributed by atoms with van der Waals surface area (Å²) in [6.07, 6.45) is 2.45. The van der Waals surface area contributed by atoms with E-state index in [1.54, 1.807) is 37.5 Å². The zero-order valence-electron chi connectivity index (χ0n) is 12.1. The van der Waals surface area contributed by atoms with Crippen LogP contribution >= 0.6 is 0 Å². The zero-order valence-corrected chi connectivity index (χ0v) is 12.1. The molecule has 0 fully saturated rings. The Kier molecular flexibility index (Phi) is 5.41. The Labute approximate surface area is 127 Å². The number of hydrogen-bond donors (Lipinski definition) is 0. The van der Waals surface area contributed by atoms with Gasteiger partial charge in [-0.05, 0) is 36.2 Å². The van der Waals surface area contributed by atoms with Crippen molar-refractivity contribution in [3.63, 3.8) is 0 Å². The molecule has 0 aliphatic heterocycles. The molecule has 0 N–H and O–H groups in total. The number of hydrogen-bond acceptors (Lipinski definition) is 3. The molecule has 0 unspecified atom stereocenters. The number of carbonyl (C=O) groups is 1. The Hall–Kier alpha value is -2.50. The van der Waals surface area contributed by atoms with Crippen molar-refractivity contribution in [3.8, 4) is 5.75 Å². The van der Waals surface area contributed by atoms with Gasteiger partial charge in [0.15, 0.2) is 0 Å². The number of anilines is 1. The van der Waals surface area contributed by atoms with Gasteiger partial charge in [-0.3, -0.25) is 9.69 Å². The van der Waals surface area contributed by atoms with Crippen molar-refractivity contribution in [3.05, 3.63) is 54.2 Å². The van der Waals surface area contributed by atoms with Crippen LogP contribution in [-0.4, -0.2) is 24.6 Å². The van der Waals surface area contributed by atoms with E-state index in [1.807, 2.05) is 6.07 Å². The molecule has 0 bridgehead atoms. The summed E-state index contributed by atoms with van der Waals surface area (Å²) >= 11 is 0. The standard InChI is InChI=1S/C16H16F2N2O2/c1-20(14-4-2-3-11-19-14)15(21)10-7-12-5-8-13(9-6-12)22-16(17)18/h2-6,8-9,11,16H,7,10H2,1H3. The van der Waals surface area contributed by atoms with Crippen LogP contribution in [-0.2, 0) is 11.2 Å². The lowest BCUT2D eigenvalue weighted by Crippen LogP contribution is -2.27. The van der Waals surface area contributed by atoms with E-state index in [4.69, 9.17) is 0 Å². The number of carbonyl (C=O) groups excluding carboxylic acids is 1. The lowest BCUT2D eigenvalue weighted by atomic mass is 10.1. The van der Waals surface area contributed by atoms with E-state index < -0.39 is 6.61 Å². The van der Waals surface area contributed by atoms with Gasteiger partial charge in [-0.25, -0.2) is 4.98 Å². The number of ether oxygens (including phenoxy) is 1. The number of aromatic nitrogens is 1. The van der Waals surface area contributed by atoms with E-state index >= 15 is 0 Å². The number of amides is 1. The van der Waals surface area contributed by atoms with Gasteiger partial charge in [0.1, 0.15) is 11.6 Å². The number of alkyl halides is 2. The average Bonchev–Trinajstić information content (AvgIpc) is 2.53. The molecule has 1 heterocycles. The molecule has 2 aromatic rings. The predicted octanol–water partition coefficient (Wildman–Crippen LogP) is 3.28. The van der Waals surface area contributed by atoms with Crippen molar-refractivity contribution < 1.29 is 18.3 Å². The van der Waals surface area contributed by atoms with Crippen LogP contribution in [0.5, 0.6) is 5.75 Å². The molecule has 0 aliphatic carbocycles. The maximum atomic E-state index is 12.1. The quantitative estimate of drug-likeness (QED) is 0.822. The van der Waals surface area contributed by atoms with Crippen LogP contribution in [0.25, 0.3) is 0 Å². The Morgan fingerprint density at radius 3 is 2.55 bits per heavy atom. The third kappa shape index (κ3) is 4.51. The molecule has 0 radical (unpaired) electrons. The van der Waals surface area contributed by atoms with Crippen LogP contribution in [0.4, 0.5) is 14.6 Å². The van der Waals surface area contributed by atoms with Crippen LogP contribution in [0, 0.1) is 0 Å². The van der Waals surface area contributed by atoms with Crippen LogP contribution < -0.4 is 9.64 Å². The highest BCUT2D eigenvalue weighted by molar-refractivity contribution is 5.91. The molecule has 0 atom stereocenters. The van der Waals surface area contributed by atoms with Crippen molar-refractivity contribution in [1.82, 2.24) is 4.98 Å². The number of nitrogens with zero attached hydrogens (tertiary/aromatic N) is 2. The molecule has 0 saturated carbocycles. The van der Waals surface area contributed by atoms with Crippen molar-refractivity contribution in [2.75, 3.05) is 11.9 Å². The topological polar surface area (TPSA) is 42.4 Å².